The van der Waals surface area contributed by atoms with Crippen LogP contribution in [0, 0.1) is 47.3 Å². The van der Waals surface area contributed by atoms with E-state index in [4.69, 9.17) is 0 Å². The van der Waals surface area contributed by atoms with Crippen LogP contribution in [0.15, 0.2) is 152 Å². The van der Waals surface area contributed by atoms with Gasteiger partial charge in [-0.25, -0.2) is 0 Å². The molecule has 0 atom stereocenters. The van der Waals surface area contributed by atoms with Gasteiger partial charge in [0.05, 0.1) is 0 Å². The van der Waals surface area contributed by atoms with E-state index in [0.717, 1.165) is 53.3 Å². The van der Waals surface area contributed by atoms with Crippen LogP contribution < -0.4 is 4.90 Å². The standard InChI is InChI=1S/C56H55N/c1-3-8-40(9-4-1)42-14-18-52(19-15-42)57(53-20-16-43(17-21-53)41-10-5-2-6-11-41)54-34-46(33-51(35-54)56-49-28-38-23-39(30-49)31-50(56)29-38)44-12-7-13-45(32-44)55-47-24-36-22-37(26-47)27-48(55)25-36/h1-21,32-39,47-50,55-56H,22-31H2. The minimum atomic E-state index is 0.659. The second kappa shape index (κ2) is 13.9. The van der Waals surface area contributed by atoms with E-state index in [-0.39, 0.29) is 0 Å². The van der Waals surface area contributed by atoms with Gasteiger partial charge in [0.2, 0.25) is 0 Å². The Hall–Kier alpha value is -4.88. The fraction of sp³-hybridized carbons (Fsp3) is 0.357. The molecule has 6 aromatic carbocycles. The van der Waals surface area contributed by atoms with Gasteiger partial charge in [-0.15, -0.1) is 0 Å². The van der Waals surface area contributed by atoms with Crippen LogP contribution in [-0.2, 0) is 0 Å². The molecular weight excluding hydrogens is 687 g/mol. The van der Waals surface area contributed by atoms with Gasteiger partial charge in [0.15, 0.2) is 0 Å². The topological polar surface area (TPSA) is 3.24 Å². The van der Waals surface area contributed by atoms with Gasteiger partial charge in [0.1, 0.15) is 0 Å². The molecular formula is C56H55N. The summed E-state index contributed by atoms with van der Waals surface area (Å²) in [7, 11) is 0. The number of anilines is 3. The zero-order valence-electron chi connectivity index (χ0n) is 33.2. The lowest BCUT2D eigenvalue weighted by atomic mass is 9.50. The summed E-state index contributed by atoms with van der Waals surface area (Å²) in [5.74, 6) is 8.76. The summed E-state index contributed by atoms with van der Waals surface area (Å²) >= 11 is 0. The fourth-order valence-corrected chi connectivity index (χ4v) is 14.3. The lowest BCUT2D eigenvalue weighted by Gasteiger charge is -2.55. The first-order valence-corrected chi connectivity index (χ1v) is 22.5. The molecule has 57 heavy (non-hydrogen) atoms. The van der Waals surface area contributed by atoms with Crippen molar-refractivity contribution in [1.29, 1.82) is 0 Å². The molecule has 0 amide bonds. The molecule has 1 nitrogen and oxygen atoms in total. The van der Waals surface area contributed by atoms with E-state index >= 15 is 0 Å². The molecule has 8 fully saturated rings. The molecule has 14 rings (SSSR count). The SMILES string of the molecule is c1ccc(-c2ccc(N(c3ccc(-c4ccccc4)cc3)c3cc(-c4cccc(C5C6CC7CC(C6)CC5C7)c4)cc(C4C5CC6CC(C5)CC4C6)c3)cc2)cc1. The second-order valence-electron chi connectivity index (χ2n) is 19.5. The normalized spacial score (nSPS) is 30.5. The zero-order valence-corrected chi connectivity index (χ0v) is 33.2. The predicted octanol–water partition coefficient (Wildman–Crippen LogP) is 15.2. The van der Waals surface area contributed by atoms with Crippen molar-refractivity contribution in [3.8, 4) is 33.4 Å². The third-order valence-electron chi connectivity index (χ3n) is 16.1. The van der Waals surface area contributed by atoms with Crippen LogP contribution in [-0.4, -0.2) is 0 Å². The molecule has 0 saturated heterocycles. The molecule has 1 heteroatoms. The van der Waals surface area contributed by atoms with Crippen molar-refractivity contribution in [2.45, 2.75) is 76.0 Å². The van der Waals surface area contributed by atoms with Crippen molar-refractivity contribution in [3.05, 3.63) is 163 Å². The van der Waals surface area contributed by atoms with E-state index in [0.29, 0.717) is 5.92 Å². The zero-order chi connectivity index (χ0) is 37.5. The van der Waals surface area contributed by atoms with Crippen LogP contribution in [0.2, 0.25) is 0 Å². The van der Waals surface area contributed by atoms with E-state index in [1.165, 1.54) is 115 Å². The van der Waals surface area contributed by atoms with Crippen LogP contribution >= 0.6 is 0 Å². The van der Waals surface area contributed by atoms with Crippen molar-refractivity contribution in [3.63, 3.8) is 0 Å². The van der Waals surface area contributed by atoms with Gasteiger partial charge in [-0.3, -0.25) is 0 Å². The van der Waals surface area contributed by atoms with Crippen LogP contribution in [0.25, 0.3) is 33.4 Å². The fourth-order valence-electron chi connectivity index (χ4n) is 14.3. The molecule has 0 spiro atoms. The summed E-state index contributed by atoms with van der Waals surface area (Å²) in [4.78, 5) is 2.55. The summed E-state index contributed by atoms with van der Waals surface area (Å²) < 4.78 is 0. The molecule has 6 aromatic rings. The van der Waals surface area contributed by atoms with Gasteiger partial charge in [-0.05, 0) is 204 Å². The van der Waals surface area contributed by atoms with Crippen molar-refractivity contribution in [1.82, 2.24) is 0 Å². The Balaban J connectivity index is 0.993. The summed E-state index contributed by atoms with van der Waals surface area (Å²) in [6.45, 7) is 0. The second-order valence-corrected chi connectivity index (χ2v) is 19.5. The number of rotatable bonds is 8. The van der Waals surface area contributed by atoms with Gasteiger partial charge >= 0.3 is 0 Å². The van der Waals surface area contributed by atoms with Crippen molar-refractivity contribution in [2.24, 2.45) is 47.3 Å². The number of benzene rings is 6. The molecule has 0 aromatic heterocycles. The summed E-state index contributed by atoms with van der Waals surface area (Å²) in [5, 5.41) is 0. The molecule has 284 valence electrons. The summed E-state index contributed by atoms with van der Waals surface area (Å²) in [5.41, 5.74) is 14.7. The van der Waals surface area contributed by atoms with Crippen LogP contribution in [0.5, 0.6) is 0 Å². The molecule has 0 radical (unpaired) electrons. The Labute approximate surface area is 340 Å². The Morgan fingerprint density at radius 3 is 1.16 bits per heavy atom. The largest absolute Gasteiger partial charge is 0.310 e. The summed E-state index contributed by atoms with van der Waals surface area (Å²) in [6, 6.07) is 58.0. The van der Waals surface area contributed by atoms with Crippen LogP contribution in [0.4, 0.5) is 17.1 Å². The van der Waals surface area contributed by atoms with Crippen LogP contribution in [0.1, 0.15) is 87.2 Å². The maximum Gasteiger partial charge on any atom is 0.0470 e. The van der Waals surface area contributed by atoms with Gasteiger partial charge < -0.3 is 4.90 Å². The number of nitrogens with zero attached hydrogens (tertiary/aromatic N) is 1. The van der Waals surface area contributed by atoms with Crippen LogP contribution in [0.3, 0.4) is 0 Å². The number of hydrogen-bond donors (Lipinski definition) is 0. The highest BCUT2D eigenvalue weighted by atomic mass is 15.1. The molecule has 8 aliphatic carbocycles. The Morgan fingerprint density at radius 2 is 0.684 bits per heavy atom. The third kappa shape index (κ3) is 6.19. The maximum atomic E-state index is 2.65. The first-order chi connectivity index (χ1) is 28.1. The van der Waals surface area contributed by atoms with Gasteiger partial charge in [0.25, 0.3) is 0 Å². The van der Waals surface area contributed by atoms with E-state index < -0.39 is 0 Å². The minimum absolute atomic E-state index is 0.659. The van der Waals surface area contributed by atoms with E-state index in [1.807, 2.05) is 0 Å². The van der Waals surface area contributed by atoms with Gasteiger partial charge in [-0.2, -0.15) is 0 Å². The Morgan fingerprint density at radius 1 is 0.281 bits per heavy atom. The quantitative estimate of drug-likeness (QED) is 0.150. The lowest BCUT2D eigenvalue weighted by Crippen LogP contribution is -2.43. The summed E-state index contributed by atoms with van der Waals surface area (Å²) in [6.07, 6.45) is 14.6. The minimum Gasteiger partial charge on any atom is -0.310 e. The van der Waals surface area contributed by atoms with Crippen molar-refractivity contribution < 1.29 is 0 Å². The van der Waals surface area contributed by atoms with E-state index in [9.17, 15) is 0 Å². The first kappa shape index (κ1) is 34.2. The van der Waals surface area contributed by atoms with Crippen molar-refractivity contribution in [2.75, 3.05) is 4.90 Å². The highest BCUT2D eigenvalue weighted by molar-refractivity contribution is 5.83. The average molecular weight is 742 g/mol. The third-order valence-corrected chi connectivity index (χ3v) is 16.1. The average Bonchev–Trinajstić information content (AvgIpc) is 3.24. The lowest BCUT2D eigenvalue weighted by molar-refractivity contribution is -0.00286. The predicted molar refractivity (Wildman–Crippen MR) is 237 cm³/mol. The molecule has 0 N–H and O–H groups in total. The molecule has 0 aliphatic heterocycles. The molecule has 8 bridgehead atoms. The van der Waals surface area contributed by atoms with E-state index in [1.54, 1.807) is 11.1 Å². The highest BCUT2D eigenvalue weighted by Gasteiger charge is 2.50. The Kier molecular flexibility index (Phi) is 8.34. The van der Waals surface area contributed by atoms with Gasteiger partial charge in [-0.1, -0.05) is 115 Å². The molecule has 8 aliphatic rings. The molecule has 0 heterocycles. The van der Waals surface area contributed by atoms with Gasteiger partial charge in [0, 0.05) is 17.1 Å². The first-order valence-electron chi connectivity index (χ1n) is 22.5. The number of hydrogen-bond acceptors (Lipinski definition) is 1. The highest BCUT2D eigenvalue weighted by Crippen LogP contribution is 2.62. The molecule has 8 saturated carbocycles. The van der Waals surface area contributed by atoms with E-state index in [2.05, 4.69) is 157 Å². The smallest absolute Gasteiger partial charge is 0.0470 e. The monoisotopic (exact) mass is 741 g/mol. The molecule has 0 unspecified atom stereocenters. The van der Waals surface area contributed by atoms with Crippen molar-refractivity contribution >= 4 is 17.1 Å². The Bertz CT molecular complexity index is 2230. The maximum absolute atomic E-state index is 2.65.